The van der Waals surface area contributed by atoms with Gasteiger partial charge in [0.15, 0.2) is 0 Å². The summed E-state index contributed by atoms with van der Waals surface area (Å²) in [6, 6.07) is 9.56. The van der Waals surface area contributed by atoms with Crippen molar-refractivity contribution >= 4 is 0 Å². The summed E-state index contributed by atoms with van der Waals surface area (Å²) in [5.74, 6) is 5.94. The predicted octanol–water partition coefficient (Wildman–Crippen LogP) is 3.09. The van der Waals surface area contributed by atoms with Crippen molar-refractivity contribution in [3.63, 3.8) is 0 Å². The Bertz CT molecular complexity index is 341. The van der Waals surface area contributed by atoms with E-state index < -0.39 is 5.60 Å². The highest BCUT2D eigenvalue weighted by atomic mass is 16.3. The van der Waals surface area contributed by atoms with Crippen molar-refractivity contribution in [1.82, 2.24) is 0 Å². The number of benzene rings is 1. The van der Waals surface area contributed by atoms with Crippen molar-refractivity contribution in [1.29, 1.82) is 0 Å². The van der Waals surface area contributed by atoms with Gasteiger partial charge in [0.25, 0.3) is 0 Å². The number of unbranched alkanes of at least 4 members (excludes halogenated alkanes) is 2. The SMILES string of the molecule is CCCCC#C[C@@](C)(O)c1ccccc1. The highest BCUT2D eigenvalue weighted by Crippen LogP contribution is 2.18. The summed E-state index contributed by atoms with van der Waals surface area (Å²) < 4.78 is 0. The summed E-state index contributed by atoms with van der Waals surface area (Å²) in [6.45, 7) is 3.87. The topological polar surface area (TPSA) is 20.2 Å². The summed E-state index contributed by atoms with van der Waals surface area (Å²) in [5.41, 5.74) is -0.163. The lowest BCUT2D eigenvalue weighted by molar-refractivity contribution is 0.122. The first-order chi connectivity index (χ1) is 7.17. The predicted molar refractivity (Wildman–Crippen MR) is 63.3 cm³/mol. The minimum atomic E-state index is -1.02. The van der Waals surface area contributed by atoms with Gasteiger partial charge in [0.05, 0.1) is 0 Å². The van der Waals surface area contributed by atoms with Crippen molar-refractivity contribution in [2.24, 2.45) is 0 Å². The van der Waals surface area contributed by atoms with Crippen molar-refractivity contribution in [3.05, 3.63) is 35.9 Å². The molecule has 1 aromatic rings. The highest BCUT2D eigenvalue weighted by molar-refractivity contribution is 5.30. The van der Waals surface area contributed by atoms with Gasteiger partial charge in [-0.15, -0.1) is 0 Å². The van der Waals surface area contributed by atoms with E-state index in [0.29, 0.717) is 0 Å². The summed E-state index contributed by atoms with van der Waals surface area (Å²) in [4.78, 5) is 0. The zero-order valence-corrected chi connectivity index (χ0v) is 9.46. The van der Waals surface area contributed by atoms with E-state index >= 15 is 0 Å². The quantitative estimate of drug-likeness (QED) is 0.590. The second-order valence-electron chi connectivity index (χ2n) is 3.84. The Morgan fingerprint density at radius 2 is 1.93 bits per heavy atom. The Kier molecular flexibility index (Phi) is 4.39. The molecule has 0 aliphatic carbocycles. The van der Waals surface area contributed by atoms with Gasteiger partial charge in [-0.2, -0.15) is 0 Å². The third-order valence-electron chi connectivity index (χ3n) is 2.32. The molecule has 1 nitrogen and oxygen atoms in total. The molecule has 1 heteroatoms. The van der Waals surface area contributed by atoms with E-state index in [2.05, 4.69) is 18.8 Å². The van der Waals surface area contributed by atoms with Crippen LogP contribution in [0.5, 0.6) is 0 Å². The Morgan fingerprint density at radius 3 is 2.53 bits per heavy atom. The molecule has 0 spiro atoms. The second-order valence-corrected chi connectivity index (χ2v) is 3.84. The average molecular weight is 202 g/mol. The Hall–Kier alpha value is -1.26. The Morgan fingerprint density at radius 1 is 1.27 bits per heavy atom. The fourth-order valence-corrected chi connectivity index (χ4v) is 1.33. The number of hydrogen-bond donors (Lipinski definition) is 1. The van der Waals surface area contributed by atoms with Gasteiger partial charge in [0, 0.05) is 6.42 Å². The maximum Gasteiger partial charge on any atom is 0.148 e. The molecule has 0 aromatic heterocycles. The molecule has 0 aliphatic heterocycles. The maximum atomic E-state index is 10.1. The standard InChI is InChI=1S/C14H18O/c1-3-4-5-9-12-14(2,15)13-10-7-6-8-11-13/h6-8,10-11,15H,3-5H2,1-2H3/t14-/m1/s1. The van der Waals surface area contributed by atoms with Crippen LogP contribution in [0, 0.1) is 11.8 Å². The van der Waals surface area contributed by atoms with Gasteiger partial charge in [-0.1, -0.05) is 55.5 Å². The van der Waals surface area contributed by atoms with E-state index in [9.17, 15) is 5.11 Å². The monoisotopic (exact) mass is 202 g/mol. The summed E-state index contributed by atoms with van der Waals surface area (Å²) in [5, 5.41) is 10.1. The smallest absolute Gasteiger partial charge is 0.148 e. The van der Waals surface area contributed by atoms with Crippen LogP contribution in [-0.4, -0.2) is 5.11 Å². The molecule has 1 aromatic carbocycles. The zero-order chi connectivity index (χ0) is 11.1. The average Bonchev–Trinajstić information content (AvgIpc) is 2.26. The van der Waals surface area contributed by atoms with E-state index in [-0.39, 0.29) is 0 Å². The third kappa shape index (κ3) is 3.77. The maximum absolute atomic E-state index is 10.1. The second kappa shape index (κ2) is 5.58. The van der Waals surface area contributed by atoms with E-state index in [1.54, 1.807) is 6.92 Å². The van der Waals surface area contributed by atoms with Crippen LogP contribution in [0.4, 0.5) is 0 Å². The van der Waals surface area contributed by atoms with Crippen molar-refractivity contribution < 1.29 is 5.11 Å². The zero-order valence-electron chi connectivity index (χ0n) is 9.46. The number of rotatable bonds is 3. The molecule has 0 amide bonds. The first-order valence-electron chi connectivity index (χ1n) is 5.44. The third-order valence-corrected chi connectivity index (χ3v) is 2.32. The number of hydrogen-bond acceptors (Lipinski definition) is 1. The molecule has 0 radical (unpaired) electrons. The van der Waals surface area contributed by atoms with Gasteiger partial charge in [0.1, 0.15) is 5.60 Å². The molecule has 1 rings (SSSR count). The van der Waals surface area contributed by atoms with Crippen LogP contribution >= 0.6 is 0 Å². The highest BCUT2D eigenvalue weighted by Gasteiger charge is 2.18. The van der Waals surface area contributed by atoms with Crippen molar-refractivity contribution in [3.8, 4) is 11.8 Å². The summed E-state index contributed by atoms with van der Waals surface area (Å²) in [7, 11) is 0. The van der Waals surface area contributed by atoms with Crippen LogP contribution in [0.1, 0.15) is 38.7 Å². The molecule has 0 aliphatic rings. The van der Waals surface area contributed by atoms with Gasteiger partial charge in [-0.3, -0.25) is 0 Å². The molecule has 15 heavy (non-hydrogen) atoms. The molecule has 0 fully saturated rings. The Labute approximate surface area is 92.1 Å². The largest absolute Gasteiger partial charge is 0.374 e. The lowest BCUT2D eigenvalue weighted by Gasteiger charge is -2.16. The molecule has 80 valence electrons. The fraction of sp³-hybridized carbons (Fsp3) is 0.429. The molecule has 1 atom stereocenters. The lowest BCUT2D eigenvalue weighted by Crippen LogP contribution is -2.18. The summed E-state index contributed by atoms with van der Waals surface area (Å²) in [6.07, 6.45) is 3.10. The van der Waals surface area contributed by atoms with Gasteiger partial charge in [0.2, 0.25) is 0 Å². The number of aliphatic hydroxyl groups is 1. The minimum Gasteiger partial charge on any atom is -0.374 e. The van der Waals surface area contributed by atoms with Gasteiger partial charge < -0.3 is 5.11 Å². The van der Waals surface area contributed by atoms with Gasteiger partial charge in [-0.05, 0) is 18.9 Å². The van der Waals surface area contributed by atoms with E-state index in [1.165, 1.54) is 0 Å². The van der Waals surface area contributed by atoms with Crippen LogP contribution in [-0.2, 0) is 5.60 Å². The van der Waals surface area contributed by atoms with Crippen LogP contribution in [0.15, 0.2) is 30.3 Å². The molecule has 1 N–H and O–H groups in total. The molecular formula is C14H18O. The molecule has 0 saturated heterocycles. The van der Waals surface area contributed by atoms with Crippen LogP contribution < -0.4 is 0 Å². The van der Waals surface area contributed by atoms with E-state index in [0.717, 1.165) is 24.8 Å². The Balaban J connectivity index is 2.69. The van der Waals surface area contributed by atoms with Crippen LogP contribution in [0.2, 0.25) is 0 Å². The first-order valence-corrected chi connectivity index (χ1v) is 5.44. The van der Waals surface area contributed by atoms with Gasteiger partial charge in [-0.25, -0.2) is 0 Å². The van der Waals surface area contributed by atoms with Gasteiger partial charge >= 0.3 is 0 Å². The first kappa shape index (κ1) is 11.8. The van der Waals surface area contributed by atoms with E-state index in [1.807, 2.05) is 30.3 Å². The minimum absolute atomic E-state index is 0.856. The van der Waals surface area contributed by atoms with Crippen LogP contribution in [0.3, 0.4) is 0 Å². The molecule has 0 bridgehead atoms. The molecule has 0 unspecified atom stereocenters. The van der Waals surface area contributed by atoms with Crippen molar-refractivity contribution in [2.45, 2.75) is 38.7 Å². The van der Waals surface area contributed by atoms with Crippen molar-refractivity contribution in [2.75, 3.05) is 0 Å². The van der Waals surface area contributed by atoms with E-state index in [4.69, 9.17) is 0 Å². The molecule has 0 saturated carbocycles. The molecule has 0 heterocycles. The lowest BCUT2D eigenvalue weighted by atomic mass is 9.96. The normalized spacial score (nSPS) is 13.8. The fourth-order valence-electron chi connectivity index (χ4n) is 1.33. The van der Waals surface area contributed by atoms with Crippen LogP contribution in [0.25, 0.3) is 0 Å². The summed E-state index contributed by atoms with van der Waals surface area (Å²) >= 11 is 0. The molecular weight excluding hydrogens is 184 g/mol.